The van der Waals surface area contributed by atoms with Gasteiger partial charge in [0.2, 0.25) is 0 Å². The van der Waals surface area contributed by atoms with Crippen LogP contribution in [0.15, 0.2) is 0 Å². The van der Waals surface area contributed by atoms with Crippen molar-refractivity contribution in [1.82, 2.24) is 0 Å². The van der Waals surface area contributed by atoms with Gasteiger partial charge >= 0.3 is 0 Å². The Morgan fingerprint density at radius 1 is 1.29 bits per heavy atom. The van der Waals surface area contributed by atoms with E-state index in [1.54, 1.807) is 7.11 Å². The fourth-order valence-electron chi connectivity index (χ4n) is 2.36. The minimum atomic E-state index is 0.365. The predicted octanol–water partition coefficient (Wildman–Crippen LogP) is 2.71. The van der Waals surface area contributed by atoms with Crippen LogP contribution in [0.3, 0.4) is 0 Å². The van der Waals surface area contributed by atoms with Crippen molar-refractivity contribution in [3.8, 4) is 0 Å². The van der Waals surface area contributed by atoms with Crippen molar-refractivity contribution in [2.75, 3.05) is 7.11 Å². The van der Waals surface area contributed by atoms with Crippen LogP contribution < -0.4 is 5.73 Å². The standard InChI is InChI=1S/C12H25NO/c1-10(14-2)7-8-12(13)9-11-5-3-4-6-11/h10-12H,3-9,13H2,1-2H3. The smallest absolute Gasteiger partial charge is 0.0543 e. The predicted molar refractivity (Wildman–Crippen MR) is 60.3 cm³/mol. The van der Waals surface area contributed by atoms with Crippen molar-refractivity contribution >= 4 is 0 Å². The fraction of sp³-hybridized carbons (Fsp3) is 1.00. The molecule has 1 rings (SSSR count). The maximum absolute atomic E-state index is 6.10. The minimum absolute atomic E-state index is 0.365. The third-order valence-electron chi connectivity index (χ3n) is 3.46. The van der Waals surface area contributed by atoms with Crippen molar-refractivity contribution in [2.24, 2.45) is 11.7 Å². The van der Waals surface area contributed by atoms with Gasteiger partial charge in [0, 0.05) is 13.2 Å². The molecule has 0 bridgehead atoms. The summed E-state index contributed by atoms with van der Waals surface area (Å²) in [6.45, 7) is 2.11. The molecule has 2 nitrogen and oxygen atoms in total. The number of hydrogen-bond acceptors (Lipinski definition) is 2. The van der Waals surface area contributed by atoms with Gasteiger partial charge in [-0.15, -0.1) is 0 Å². The van der Waals surface area contributed by atoms with Gasteiger partial charge in [-0.1, -0.05) is 25.7 Å². The van der Waals surface area contributed by atoms with Crippen LogP contribution in [0, 0.1) is 5.92 Å². The van der Waals surface area contributed by atoms with Crippen molar-refractivity contribution < 1.29 is 4.74 Å². The highest BCUT2D eigenvalue weighted by atomic mass is 16.5. The molecule has 14 heavy (non-hydrogen) atoms. The van der Waals surface area contributed by atoms with Crippen molar-refractivity contribution in [3.05, 3.63) is 0 Å². The summed E-state index contributed by atoms with van der Waals surface area (Å²) in [6.07, 6.45) is 9.48. The summed E-state index contributed by atoms with van der Waals surface area (Å²) in [4.78, 5) is 0. The molecule has 2 N–H and O–H groups in total. The van der Waals surface area contributed by atoms with E-state index in [4.69, 9.17) is 10.5 Å². The van der Waals surface area contributed by atoms with Gasteiger partial charge in [-0.25, -0.2) is 0 Å². The second-order valence-electron chi connectivity index (χ2n) is 4.77. The second kappa shape index (κ2) is 6.41. The first kappa shape index (κ1) is 12.0. The Hall–Kier alpha value is -0.0800. The zero-order valence-corrected chi connectivity index (χ0v) is 9.67. The van der Waals surface area contributed by atoms with Crippen LogP contribution in [-0.4, -0.2) is 19.3 Å². The number of ether oxygens (including phenoxy) is 1. The first-order chi connectivity index (χ1) is 6.72. The number of hydrogen-bond donors (Lipinski definition) is 1. The van der Waals surface area contributed by atoms with E-state index in [9.17, 15) is 0 Å². The Morgan fingerprint density at radius 3 is 2.50 bits per heavy atom. The second-order valence-corrected chi connectivity index (χ2v) is 4.77. The van der Waals surface area contributed by atoms with Crippen LogP contribution in [-0.2, 0) is 4.74 Å². The van der Waals surface area contributed by atoms with E-state index < -0.39 is 0 Å². The third kappa shape index (κ3) is 4.43. The molecule has 0 aromatic rings. The van der Waals surface area contributed by atoms with Gasteiger partial charge in [0.25, 0.3) is 0 Å². The molecule has 1 aliphatic carbocycles. The molecule has 0 heterocycles. The van der Waals surface area contributed by atoms with E-state index in [-0.39, 0.29) is 0 Å². The summed E-state index contributed by atoms with van der Waals surface area (Å²) in [5, 5.41) is 0. The van der Waals surface area contributed by atoms with E-state index >= 15 is 0 Å². The average Bonchev–Trinajstić information content (AvgIpc) is 2.66. The van der Waals surface area contributed by atoms with E-state index in [0.717, 1.165) is 18.8 Å². The zero-order valence-electron chi connectivity index (χ0n) is 9.67. The lowest BCUT2D eigenvalue weighted by Gasteiger charge is -2.17. The highest BCUT2D eigenvalue weighted by molar-refractivity contribution is 4.73. The van der Waals surface area contributed by atoms with Gasteiger partial charge in [-0.3, -0.25) is 0 Å². The van der Waals surface area contributed by atoms with E-state index in [2.05, 4.69) is 6.92 Å². The summed E-state index contributed by atoms with van der Waals surface area (Å²) in [5.74, 6) is 0.919. The summed E-state index contributed by atoms with van der Waals surface area (Å²) >= 11 is 0. The molecule has 0 aliphatic heterocycles. The summed E-state index contributed by atoms with van der Waals surface area (Å²) in [6, 6.07) is 0.399. The van der Waals surface area contributed by atoms with Crippen LogP contribution in [0.5, 0.6) is 0 Å². The van der Waals surface area contributed by atoms with Gasteiger partial charge in [0.1, 0.15) is 0 Å². The maximum Gasteiger partial charge on any atom is 0.0543 e. The Bertz CT molecular complexity index is 143. The van der Waals surface area contributed by atoms with Crippen LogP contribution in [0.4, 0.5) is 0 Å². The lowest BCUT2D eigenvalue weighted by Crippen LogP contribution is -2.24. The van der Waals surface area contributed by atoms with Crippen LogP contribution in [0.2, 0.25) is 0 Å². The van der Waals surface area contributed by atoms with Crippen LogP contribution in [0.25, 0.3) is 0 Å². The first-order valence-electron chi connectivity index (χ1n) is 6.00. The Labute approximate surface area is 88.2 Å². The number of rotatable bonds is 6. The first-order valence-corrected chi connectivity index (χ1v) is 6.00. The summed E-state index contributed by atoms with van der Waals surface area (Å²) in [5.41, 5.74) is 6.10. The van der Waals surface area contributed by atoms with Crippen molar-refractivity contribution in [3.63, 3.8) is 0 Å². The normalized spacial score (nSPS) is 22.5. The molecule has 0 saturated heterocycles. The average molecular weight is 199 g/mol. The third-order valence-corrected chi connectivity index (χ3v) is 3.46. The molecule has 1 fully saturated rings. The van der Waals surface area contributed by atoms with Gasteiger partial charge in [0.15, 0.2) is 0 Å². The number of methoxy groups -OCH3 is 1. The summed E-state index contributed by atoms with van der Waals surface area (Å²) in [7, 11) is 1.77. The Balaban J connectivity index is 2.05. The van der Waals surface area contributed by atoms with Crippen LogP contribution in [0.1, 0.15) is 51.9 Å². The van der Waals surface area contributed by atoms with Gasteiger partial charge in [-0.05, 0) is 32.1 Å². The zero-order chi connectivity index (χ0) is 10.4. The molecule has 0 amide bonds. The molecule has 1 aliphatic rings. The molecule has 2 atom stereocenters. The molecule has 1 saturated carbocycles. The van der Waals surface area contributed by atoms with Gasteiger partial charge in [0.05, 0.1) is 6.10 Å². The topological polar surface area (TPSA) is 35.2 Å². The molecule has 0 aromatic carbocycles. The molecular weight excluding hydrogens is 174 g/mol. The van der Waals surface area contributed by atoms with E-state index in [1.165, 1.54) is 32.1 Å². The molecule has 2 unspecified atom stereocenters. The van der Waals surface area contributed by atoms with Crippen molar-refractivity contribution in [1.29, 1.82) is 0 Å². The Morgan fingerprint density at radius 2 is 1.93 bits per heavy atom. The molecule has 0 radical (unpaired) electrons. The van der Waals surface area contributed by atoms with E-state index in [1.807, 2.05) is 0 Å². The van der Waals surface area contributed by atoms with Crippen molar-refractivity contribution in [2.45, 2.75) is 64.0 Å². The highest BCUT2D eigenvalue weighted by Gasteiger charge is 2.18. The monoisotopic (exact) mass is 199 g/mol. The quantitative estimate of drug-likeness (QED) is 0.714. The minimum Gasteiger partial charge on any atom is -0.382 e. The molecular formula is C12H25NO. The largest absolute Gasteiger partial charge is 0.382 e. The SMILES string of the molecule is COC(C)CCC(N)CC1CCCC1. The molecule has 0 aromatic heterocycles. The number of nitrogens with two attached hydrogens (primary N) is 1. The lowest BCUT2D eigenvalue weighted by molar-refractivity contribution is 0.106. The molecule has 84 valence electrons. The molecule has 2 heteroatoms. The highest BCUT2D eigenvalue weighted by Crippen LogP contribution is 2.28. The molecule has 0 spiro atoms. The maximum atomic E-state index is 6.10. The van der Waals surface area contributed by atoms with Gasteiger partial charge in [-0.2, -0.15) is 0 Å². The summed E-state index contributed by atoms with van der Waals surface area (Å²) < 4.78 is 5.21. The Kier molecular flexibility index (Phi) is 5.49. The fourth-order valence-corrected chi connectivity index (χ4v) is 2.36. The van der Waals surface area contributed by atoms with E-state index in [0.29, 0.717) is 12.1 Å². The van der Waals surface area contributed by atoms with Gasteiger partial charge < -0.3 is 10.5 Å². The van der Waals surface area contributed by atoms with Crippen LogP contribution >= 0.6 is 0 Å². The lowest BCUT2D eigenvalue weighted by atomic mass is 9.95.